The molecule has 0 saturated heterocycles. The van der Waals surface area contributed by atoms with Crippen molar-refractivity contribution >= 4 is 29.1 Å². The van der Waals surface area contributed by atoms with Crippen LogP contribution in [0.1, 0.15) is 5.56 Å². The average molecular weight is 379 g/mol. The fourth-order valence-corrected chi connectivity index (χ4v) is 2.62. The first-order chi connectivity index (χ1) is 12.4. The zero-order chi connectivity index (χ0) is 18.7. The summed E-state index contributed by atoms with van der Waals surface area (Å²) in [5.74, 6) is 0.469. The number of hydrogen-bond acceptors (Lipinski definition) is 4. The smallest absolute Gasteiger partial charge is 0.357 e. The highest BCUT2D eigenvalue weighted by Gasteiger charge is 2.34. The van der Waals surface area contributed by atoms with E-state index in [9.17, 15) is 13.2 Å². The molecule has 0 spiro atoms. The molecule has 0 bridgehead atoms. The van der Waals surface area contributed by atoms with Crippen molar-refractivity contribution in [3.63, 3.8) is 0 Å². The van der Waals surface area contributed by atoms with Gasteiger partial charge in [0.15, 0.2) is 0 Å². The summed E-state index contributed by atoms with van der Waals surface area (Å²) in [5.41, 5.74) is 0.259. The quantitative estimate of drug-likeness (QED) is 0.620. The van der Waals surface area contributed by atoms with Gasteiger partial charge in [0.25, 0.3) is 0 Å². The monoisotopic (exact) mass is 378 g/mol. The summed E-state index contributed by atoms with van der Waals surface area (Å²) in [6.07, 6.45) is -4.55. The molecule has 3 rings (SSSR count). The molecule has 4 nitrogen and oxygen atoms in total. The number of alkyl halides is 3. The summed E-state index contributed by atoms with van der Waals surface area (Å²) in [7, 11) is 1.63. The SMILES string of the molecule is CNc1nc(Nc2c(Cl)cccc2C(F)(F)F)cc(-c2ccccc2)n1. The highest BCUT2D eigenvalue weighted by molar-refractivity contribution is 6.33. The van der Waals surface area contributed by atoms with E-state index >= 15 is 0 Å². The predicted molar refractivity (Wildman–Crippen MR) is 96.8 cm³/mol. The van der Waals surface area contributed by atoms with Gasteiger partial charge in [-0.05, 0) is 12.1 Å². The van der Waals surface area contributed by atoms with E-state index in [1.165, 1.54) is 12.1 Å². The average Bonchev–Trinajstić information content (AvgIpc) is 2.63. The van der Waals surface area contributed by atoms with E-state index in [0.717, 1.165) is 11.6 Å². The number of anilines is 3. The first-order valence-electron chi connectivity index (χ1n) is 7.63. The van der Waals surface area contributed by atoms with Crippen molar-refractivity contribution in [2.45, 2.75) is 6.18 Å². The van der Waals surface area contributed by atoms with Gasteiger partial charge in [-0.2, -0.15) is 18.2 Å². The summed E-state index contributed by atoms with van der Waals surface area (Å²) in [6, 6.07) is 14.4. The van der Waals surface area contributed by atoms with Crippen molar-refractivity contribution < 1.29 is 13.2 Å². The molecule has 0 fully saturated rings. The number of aromatic nitrogens is 2. The van der Waals surface area contributed by atoms with E-state index in [0.29, 0.717) is 5.69 Å². The van der Waals surface area contributed by atoms with E-state index < -0.39 is 11.7 Å². The maximum atomic E-state index is 13.3. The molecule has 0 aliphatic rings. The molecule has 0 amide bonds. The number of hydrogen-bond donors (Lipinski definition) is 2. The van der Waals surface area contributed by atoms with Crippen molar-refractivity contribution in [3.05, 3.63) is 65.2 Å². The molecule has 0 aliphatic heterocycles. The Morgan fingerprint density at radius 2 is 1.69 bits per heavy atom. The number of nitrogens with one attached hydrogen (secondary N) is 2. The molecule has 0 atom stereocenters. The van der Waals surface area contributed by atoms with Gasteiger partial charge in [-0.25, -0.2) is 4.98 Å². The lowest BCUT2D eigenvalue weighted by Gasteiger charge is -2.16. The minimum absolute atomic E-state index is 0.0503. The highest BCUT2D eigenvalue weighted by atomic mass is 35.5. The van der Waals surface area contributed by atoms with Gasteiger partial charge in [-0.1, -0.05) is 48.0 Å². The fourth-order valence-electron chi connectivity index (χ4n) is 2.40. The van der Waals surface area contributed by atoms with Gasteiger partial charge in [-0.3, -0.25) is 0 Å². The third-order valence-electron chi connectivity index (χ3n) is 3.59. The summed E-state index contributed by atoms with van der Waals surface area (Å²) in [6.45, 7) is 0. The molecule has 8 heteroatoms. The molecule has 0 unspecified atom stereocenters. The Bertz CT molecular complexity index is 914. The molecule has 0 aliphatic carbocycles. The standard InChI is InChI=1S/C18H14ClF3N4/c1-23-17-24-14(11-6-3-2-4-7-11)10-15(26-17)25-16-12(18(20,21)22)8-5-9-13(16)19/h2-10H,1H3,(H2,23,24,25,26). The van der Waals surface area contributed by atoms with Gasteiger partial charge < -0.3 is 10.6 Å². The maximum Gasteiger partial charge on any atom is 0.418 e. The third kappa shape index (κ3) is 3.88. The Kier molecular flexibility index (Phi) is 4.99. The van der Waals surface area contributed by atoms with Crippen LogP contribution in [0, 0.1) is 0 Å². The van der Waals surface area contributed by atoms with Gasteiger partial charge in [0.1, 0.15) is 5.82 Å². The van der Waals surface area contributed by atoms with Crippen LogP contribution >= 0.6 is 11.6 Å². The highest BCUT2D eigenvalue weighted by Crippen LogP contribution is 2.39. The van der Waals surface area contributed by atoms with Crippen LogP contribution in [0.2, 0.25) is 5.02 Å². The second-order valence-corrected chi connectivity index (χ2v) is 5.77. The van der Waals surface area contributed by atoms with E-state index in [1.54, 1.807) is 13.1 Å². The van der Waals surface area contributed by atoms with Crippen molar-refractivity contribution in [2.75, 3.05) is 17.7 Å². The van der Waals surface area contributed by atoms with Crippen LogP contribution in [-0.4, -0.2) is 17.0 Å². The molecule has 26 heavy (non-hydrogen) atoms. The van der Waals surface area contributed by atoms with Gasteiger partial charge >= 0.3 is 6.18 Å². The van der Waals surface area contributed by atoms with Gasteiger partial charge in [-0.15, -0.1) is 0 Å². The summed E-state index contributed by atoms with van der Waals surface area (Å²) >= 11 is 5.99. The molecular formula is C18H14ClF3N4. The van der Waals surface area contributed by atoms with Crippen LogP contribution in [0.4, 0.5) is 30.6 Å². The van der Waals surface area contributed by atoms with E-state index in [4.69, 9.17) is 11.6 Å². The minimum atomic E-state index is -4.55. The maximum absolute atomic E-state index is 13.3. The third-order valence-corrected chi connectivity index (χ3v) is 3.91. The zero-order valence-corrected chi connectivity index (χ0v) is 14.4. The molecular weight excluding hydrogens is 365 g/mol. The lowest BCUT2D eigenvalue weighted by molar-refractivity contribution is -0.136. The number of halogens is 4. The first-order valence-corrected chi connectivity index (χ1v) is 8.01. The van der Waals surface area contributed by atoms with E-state index in [-0.39, 0.29) is 22.5 Å². The minimum Gasteiger partial charge on any atom is -0.357 e. The van der Waals surface area contributed by atoms with Crippen molar-refractivity contribution in [3.8, 4) is 11.3 Å². The van der Waals surface area contributed by atoms with Gasteiger partial charge in [0.2, 0.25) is 5.95 Å². The van der Waals surface area contributed by atoms with Crippen LogP contribution in [0.3, 0.4) is 0 Å². The molecule has 1 aromatic heterocycles. The largest absolute Gasteiger partial charge is 0.418 e. The van der Waals surface area contributed by atoms with Gasteiger partial charge in [0.05, 0.1) is 22.0 Å². The first kappa shape index (κ1) is 18.0. The normalized spacial score (nSPS) is 11.3. The summed E-state index contributed by atoms with van der Waals surface area (Å²) in [5, 5.41) is 5.44. The summed E-state index contributed by atoms with van der Waals surface area (Å²) < 4.78 is 39.8. The topological polar surface area (TPSA) is 49.8 Å². The van der Waals surface area contributed by atoms with E-state index in [1.807, 2.05) is 30.3 Å². The Morgan fingerprint density at radius 3 is 2.35 bits per heavy atom. The summed E-state index contributed by atoms with van der Waals surface area (Å²) in [4.78, 5) is 8.52. The number of para-hydroxylation sites is 1. The van der Waals surface area contributed by atoms with Crippen molar-refractivity contribution in [1.29, 1.82) is 0 Å². The molecule has 0 radical (unpaired) electrons. The Labute approximate surface area is 153 Å². The second-order valence-electron chi connectivity index (χ2n) is 5.36. The van der Waals surface area contributed by atoms with Crippen LogP contribution in [-0.2, 0) is 6.18 Å². The molecule has 2 N–H and O–H groups in total. The van der Waals surface area contributed by atoms with Gasteiger partial charge in [0, 0.05) is 18.7 Å². The number of nitrogens with zero attached hydrogens (tertiary/aromatic N) is 2. The van der Waals surface area contributed by atoms with Crippen LogP contribution in [0.15, 0.2) is 54.6 Å². The Balaban J connectivity index is 2.07. The lowest BCUT2D eigenvalue weighted by atomic mass is 10.1. The van der Waals surface area contributed by atoms with Crippen LogP contribution in [0.5, 0.6) is 0 Å². The molecule has 2 aromatic carbocycles. The Hall–Kier alpha value is -2.80. The molecule has 3 aromatic rings. The fraction of sp³-hybridized carbons (Fsp3) is 0.111. The number of rotatable bonds is 4. The molecule has 1 heterocycles. The predicted octanol–water partition coefficient (Wildman–Crippen LogP) is 5.60. The van der Waals surface area contributed by atoms with Crippen LogP contribution < -0.4 is 10.6 Å². The van der Waals surface area contributed by atoms with E-state index in [2.05, 4.69) is 20.6 Å². The Morgan fingerprint density at radius 1 is 0.962 bits per heavy atom. The second kappa shape index (κ2) is 7.21. The van der Waals surface area contributed by atoms with Crippen molar-refractivity contribution in [1.82, 2.24) is 9.97 Å². The zero-order valence-electron chi connectivity index (χ0n) is 13.6. The lowest BCUT2D eigenvalue weighted by Crippen LogP contribution is -2.10. The molecule has 0 saturated carbocycles. The molecule has 134 valence electrons. The van der Waals surface area contributed by atoms with Crippen molar-refractivity contribution in [2.24, 2.45) is 0 Å². The van der Waals surface area contributed by atoms with Crippen LogP contribution in [0.25, 0.3) is 11.3 Å². The number of benzene rings is 2.